The summed E-state index contributed by atoms with van der Waals surface area (Å²) in [6.07, 6.45) is 1.25. The SMILES string of the molecule is CCC(C)(C)NCC(C)Oc1cccc2ccccc12. The summed E-state index contributed by atoms with van der Waals surface area (Å²) in [6.45, 7) is 9.60. The minimum Gasteiger partial charge on any atom is -0.489 e. The van der Waals surface area contributed by atoms with Gasteiger partial charge in [0.15, 0.2) is 0 Å². The van der Waals surface area contributed by atoms with E-state index in [9.17, 15) is 0 Å². The molecule has 1 atom stereocenters. The highest BCUT2D eigenvalue weighted by Crippen LogP contribution is 2.26. The Labute approximate surface area is 122 Å². The van der Waals surface area contributed by atoms with Crippen molar-refractivity contribution in [1.82, 2.24) is 5.32 Å². The van der Waals surface area contributed by atoms with Gasteiger partial charge in [0, 0.05) is 17.5 Å². The summed E-state index contributed by atoms with van der Waals surface area (Å²) in [5, 5.41) is 5.95. The van der Waals surface area contributed by atoms with E-state index in [0.29, 0.717) is 0 Å². The predicted octanol–water partition coefficient (Wildman–Crippen LogP) is 4.39. The van der Waals surface area contributed by atoms with Crippen molar-refractivity contribution >= 4 is 10.8 Å². The van der Waals surface area contributed by atoms with E-state index < -0.39 is 0 Å². The van der Waals surface area contributed by atoms with Crippen molar-refractivity contribution < 1.29 is 4.74 Å². The van der Waals surface area contributed by atoms with Crippen LogP contribution >= 0.6 is 0 Å². The fraction of sp³-hybridized carbons (Fsp3) is 0.444. The number of nitrogens with one attached hydrogen (secondary N) is 1. The standard InChI is InChI=1S/C18H25NO/c1-5-18(3,4)19-13-14(2)20-17-12-8-10-15-9-6-7-11-16(15)17/h6-12,14,19H,5,13H2,1-4H3. The minimum atomic E-state index is 0.145. The zero-order valence-electron chi connectivity index (χ0n) is 12.9. The third kappa shape index (κ3) is 3.73. The lowest BCUT2D eigenvalue weighted by Gasteiger charge is -2.27. The van der Waals surface area contributed by atoms with Gasteiger partial charge in [-0.2, -0.15) is 0 Å². The Bertz CT molecular complexity index is 557. The number of hydrogen-bond acceptors (Lipinski definition) is 2. The summed E-state index contributed by atoms with van der Waals surface area (Å²) < 4.78 is 6.11. The van der Waals surface area contributed by atoms with Crippen LogP contribution in [0.15, 0.2) is 42.5 Å². The molecule has 0 aliphatic rings. The normalized spacial score (nSPS) is 13.4. The van der Waals surface area contributed by atoms with E-state index in [-0.39, 0.29) is 11.6 Å². The number of ether oxygens (including phenoxy) is 1. The van der Waals surface area contributed by atoms with Crippen LogP contribution in [0.3, 0.4) is 0 Å². The van der Waals surface area contributed by atoms with Gasteiger partial charge < -0.3 is 10.1 Å². The van der Waals surface area contributed by atoms with Crippen LogP contribution in [0.5, 0.6) is 5.75 Å². The summed E-state index contributed by atoms with van der Waals surface area (Å²) in [5.41, 5.74) is 0.163. The molecule has 0 spiro atoms. The molecular formula is C18H25NO. The monoisotopic (exact) mass is 271 g/mol. The Morgan fingerprint density at radius 3 is 2.55 bits per heavy atom. The lowest BCUT2D eigenvalue weighted by Crippen LogP contribution is -2.43. The van der Waals surface area contributed by atoms with Crippen molar-refractivity contribution in [2.24, 2.45) is 0 Å². The van der Waals surface area contributed by atoms with Crippen molar-refractivity contribution in [2.75, 3.05) is 6.54 Å². The Balaban J connectivity index is 2.05. The van der Waals surface area contributed by atoms with Gasteiger partial charge >= 0.3 is 0 Å². The largest absolute Gasteiger partial charge is 0.489 e. The van der Waals surface area contributed by atoms with Gasteiger partial charge in [-0.1, -0.05) is 43.3 Å². The Morgan fingerprint density at radius 2 is 1.80 bits per heavy atom. The quantitative estimate of drug-likeness (QED) is 0.841. The van der Waals surface area contributed by atoms with Crippen molar-refractivity contribution in [3.05, 3.63) is 42.5 Å². The van der Waals surface area contributed by atoms with Crippen LogP contribution in [0, 0.1) is 0 Å². The molecule has 0 amide bonds. The molecule has 0 bridgehead atoms. The van der Waals surface area contributed by atoms with Crippen molar-refractivity contribution in [2.45, 2.75) is 45.8 Å². The van der Waals surface area contributed by atoms with Crippen molar-refractivity contribution in [3.63, 3.8) is 0 Å². The zero-order chi connectivity index (χ0) is 14.6. The molecule has 0 saturated carbocycles. The van der Waals surface area contributed by atoms with E-state index in [2.05, 4.69) is 63.3 Å². The Morgan fingerprint density at radius 1 is 1.10 bits per heavy atom. The molecule has 0 radical (unpaired) electrons. The molecule has 2 aromatic carbocycles. The van der Waals surface area contributed by atoms with Crippen LogP contribution in [0.1, 0.15) is 34.1 Å². The van der Waals surface area contributed by atoms with Gasteiger partial charge in [-0.3, -0.25) is 0 Å². The molecule has 108 valence electrons. The fourth-order valence-corrected chi connectivity index (χ4v) is 2.10. The summed E-state index contributed by atoms with van der Waals surface area (Å²) >= 11 is 0. The van der Waals surface area contributed by atoms with Gasteiger partial charge in [0.05, 0.1) is 0 Å². The number of benzene rings is 2. The van der Waals surface area contributed by atoms with Crippen LogP contribution in [0.25, 0.3) is 10.8 Å². The summed E-state index contributed by atoms with van der Waals surface area (Å²) in [5.74, 6) is 0.965. The Hall–Kier alpha value is -1.54. The first kappa shape index (κ1) is 14.9. The maximum Gasteiger partial charge on any atom is 0.127 e. The first-order chi connectivity index (χ1) is 9.52. The maximum absolute atomic E-state index is 6.11. The van der Waals surface area contributed by atoms with Crippen molar-refractivity contribution in [1.29, 1.82) is 0 Å². The highest BCUT2D eigenvalue weighted by Gasteiger charge is 2.16. The third-order valence-electron chi connectivity index (χ3n) is 3.83. The summed E-state index contributed by atoms with van der Waals surface area (Å²) in [7, 11) is 0. The molecule has 0 aliphatic carbocycles. The molecule has 0 heterocycles. The van der Waals surface area contributed by atoms with Crippen molar-refractivity contribution in [3.8, 4) is 5.75 Å². The van der Waals surface area contributed by atoms with Gasteiger partial charge in [0.1, 0.15) is 11.9 Å². The van der Waals surface area contributed by atoms with E-state index >= 15 is 0 Å². The summed E-state index contributed by atoms with van der Waals surface area (Å²) in [4.78, 5) is 0. The molecule has 0 aromatic heterocycles. The van der Waals surface area contributed by atoms with Crippen LogP contribution in [-0.4, -0.2) is 18.2 Å². The number of rotatable bonds is 6. The second kappa shape index (κ2) is 6.27. The lowest BCUT2D eigenvalue weighted by atomic mass is 10.0. The molecule has 2 nitrogen and oxygen atoms in total. The van der Waals surface area contributed by atoms with Gasteiger partial charge in [0.25, 0.3) is 0 Å². The molecule has 1 N–H and O–H groups in total. The smallest absolute Gasteiger partial charge is 0.127 e. The Kier molecular flexibility index (Phi) is 4.66. The summed E-state index contributed by atoms with van der Waals surface area (Å²) in [6, 6.07) is 14.5. The lowest BCUT2D eigenvalue weighted by molar-refractivity contribution is 0.201. The minimum absolute atomic E-state index is 0.145. The molecule has 1 unspecified atom stereocenters. The van der Waals surface area contributed by atoms with E-state index in [0.717, 1.165) is 18.7 Å². The molecule has 2 aromatic rings. The van der Waals surface area contributed by atoms with E-state index in [1.54, 1.807) is 0 Å². The second-order valence-corrected chi connectivity index (χ2v) is 6.02. The zero-order valence-corrected chi connectivity index (χ0v) is 12.9. The van der Waals surface area contributed by atoms with E-state index in [1.165, 1.54) is 10.8 Å². The van der Waals surface area contributed by atoms with E-state index in [4.69, 9.17) is 4.74 Å². The van der Waals surface area contributed by atoms with Crippen LogP contribution in [0.4, 0.5) is 0 Å². The number of hydrogen-bond donors (Lipinski definition) is 1. The van der Waals surface area contributed by atoms with Gasteiger partial charge in [-0.15, -0.1) is 0 Å². The first-order valence-corrected chi connectivity index (χ1v) is 7.41. The van der Waals surface area contributed by atoms with Crippen LogP contribution in [-0.2, 0) is 0 Å². The van der Waals surface area contributed by atoms with Crippen LogP contribution in [0.2, 0.25) is 0 Å². The average Bonchev–Trinajstić information content (AvgIpc) is 2.46. The first-order valence-electron chi connectivity index (χ1n) is 7.41. The maximum atomic E-state index is 6.11. The van der Waals surface area contributed by atoms with Gasteiger partial charge in [-0.05, 0) is 38.6 Å². The highest BCUT2D eigenvalue weighted by molar-refractivity contribution is 5.88. The molecule has 0 aliphatic heterocycles. The molecule has 2 rings (SSSR count). The topological polar surface area (TPSA) is 21.3 Å². The average molecular weight is 271 g/mol. The van der Waals surface area contributed by atoms with Gasteiger partial charge in [-0.25, -0.2) is 0 Å². The molecule has 20 heavy (non-hydrogen) atoms. The van der Waals surface area contributed by atoms with Gasteiger partial charge in [0.2, 0.25) is 0 Å². The predicted molar refractivity (Wildman–Crippen MR) is 86.4 cm³/mol. The third-order valence-corrected chi connectivity index (χ3v) is 3.83. The molecule has 0 fully saturated rings. The fourth-order valence-electron chi connectivity index (χ4n) is 2.10. The van der Waals surface area contributed by atoms with E-state index in [1.807, 2.05) is 12.1 Å². The molecule has 2 heteroatoms. The number of fused-ring (bicyclic) bond motifs is 1. The second-order valence-electron chi connectivity index (χ2n) is 6.02. The highest BCUT2D eigenvalue weighted by atomic mass is 16.5. The van der Waals surface area contributed by atoms with Crippen LogP contribution < -0.4 is 10.1 Å². The molecular weight excluding hydrogens is 246 g/mol. The molecule has 0 saturated heterocycles.